The zero-order valence-corrected chi connectivity index (χ0v) is 67.7. The molecular formula is C105H98BN5. The molecule has 13 aromatic carbocycles. The fourth-order valence-corrected chi connectivity index (χ4v) is 17.6. The Bertz CT molecular complexity index is 5930. The van der Waals surface area contributed by atoms with Gasteiger partial charge in [0.2, 0.25) is 0 Å². The summed E-state index contributed by atoms with van der Waals surface area (Å²) in [5.74, 6) is 1.75. The molecule has 5 heterocycles. The average Bonchev–Trinajstić information content (AvgIpc) is 1.52. The van der Waals surface area contributed by atoms with Crippen LogP contribution in [0.5, 0.6) is 0 Å². The Morgan fingerprint density at radius 2 is 0.505 bits per heavy atom. The monoisotopic (exact) mass is 1440 g/mol. The molecule has 0 atom stereocenters. The Labute approximate surface area is 656 Å². The Kier molecular flexibility index (Phi) is 16.4. The third-order valence-electron chi connectivity index (χ3n) is 23.7. The van der Waals surface area contributed by atoms with Crippen molar-refractivity contribution in [2.75, 3.05) is 0 Å². The summed E-state index contributed by atoms with van der Waals surface area (Å²) in [5.41, 5.74) is 34.2. The number of fused-ring (bicyclic) bond motifs is 10. The van der Waals surface area contributed by atoms with E-state index in [1.54, 1.807) is 0 Å². The Morgan fingerprint density at radius 1 is 0.234 bits per heavy atom. The molecule has 0 saturated heterocycles. The van der Waals surface area contributed by atoms with E-state index >= 15 is 0 Å². The first-order valence-electron chi connectivity index (χ1n) is 39.8. The summed E-state index contributed by atoms with van der Waals surface area (Å²) in [7, 11) is 0. The van der Waals surface area contributed by atoms with Gasteiger partial charge in [0.05, 0.1) is 11.0 Å². The molecule has 3 aromatic heterocycles. The third-order valence-corrected chi connectivity index (χ3v) is 23.7. The Hall–Kier alpha value is -11.5. The Balaban J connectivity index is 1.03. The van der Waals surface area contributed by atoms with Crippen LogP contribution in [0.4, 0.5) is 0 Å². The smallest absolute Gasteiger partial charge is 0.252 e. The molecule has 0 radical (unpaired) electrons. The second kappa shape index (κ2) is 25.6. The zero-order chi connectivity index (χ0) is 77.3. The van der Waals surface area contributed by atoms with Crippen LogP contribution in [0.3, 0.4) is 0 Å². The van der Waals surface area contributed by atoms with Crippen LogP contribution in [0.25, 0.3) is 156 Å². The normalized spacial score (nSPS) is 13.1. The summed E-state index contributed by atoms with van der Waals surface area (Å²) >= 11 is 0. The molecule has 5 nitrogen and oxygen atoms in total. The van der Waals surface area contributed by atoms with Crippen LogP contribution in [-0.2, 0) is 32.5 Å². The summed E-state index contributed by atoms with van der Waals surface area (Å²) in [6.07, 6.45) is 0. The van der Waals surface area contributed by atoms with E-state index in [0.29, 0.717) is 17.5 Å². The molecule has 18 rings (SSSR count). The highest BCUT2D eigenvalue weighted by atomic mass is 15.1. The van der Waals surface area contributed by atoms with Crippen molar-refractivity contribution >= 4 is 66.7 Å². The first-order valence-corrected chi connectivity index (χ1v) is 39.8. The molecular weight excluding hydrogens is 1340 g/mol. The number of aromatic nitrogens is 5. The topological polar surface area (TPSA) is 48.5 Å². The van der Waals surface area contributed by atoms with E-state index in [-0.39, 0.29) is 39.2 Å². The minimum Gasteiger partial charge on any atom is -0.310 e. The standard InChI is InChI=1S/C105H98BN5/c1-100(2,3)78-43-39-67(40-44-78)73-53-82-92-84(104(13,14)15)59-80(102(7,8)9)61-88(92)110-90-57-77(58-91-94(90)106(86(55-73)95(82)110)87-56-74(68-41-45-79(46-42-68)101(4,5)6)54-83-93-85(105(16,17)18)60-81(103(10,11)12)62-89(93)111(91)96(83)87)99-108-97(75-49-69(63-31-23-19-24-32-63)47-70(50-75)64-33-25-20-26-34-64)107-98(109-99)76-51-71(65-35-27-21-28-36-65)48-72(52-76)66-37-29-22-30-38-66/h19-62H,1-18H3. The molecule has 0 unspecified atom stereocenters. The minimum absolute atomic E-state index is 0.0130. The van der Waals surface area contributed by atoms with Crippen LogP contribution in [0.2, 0.25) is 0 Å². The van der Waals surface area contributed by atoms with Crippen molar-refractivity contribution in [2.45, 2.75) is 157 Å². The average molecular weight is 1440 g/mol. The highest BCUT2D eigenvalue weighted by molar-refractivity contribution is 7.00. The van der Waals surface area contributed by atoms with Crippen LogP contribution < -0.4 is 16.4 Å². The first-order chi connectivity index (χ1) is 52.8. The van der Waals surface area contributed by atoms with Crippen LogP contribution in [-0.4, -0.2) is 30.8 Å². The maximum absolute atomic E-state index is 5.96. The van der Waals surface area contributed by atoms with Gasteiger partial charge in [0.15, 0.2) is 17.5 Å². The highest BCUT2D eigenvalue weighted by Gasteiger charge is 2.44. The van der Waals surface area contributed by atoms with Gasteiger partial charge in [-0.3, -0.25) is 0 Å². The zero-order valence-electron chi connectivity index (χ0n) is 67.7. The molecule has 0 bridgehead atoms. The quantitative estimate of drug-likeness (QED) is 0.135. The second-order valence-electron chi connectivity index (χ2n) is 37.8. The van der Waals surface area contributed by atoms with Gasteiger partial charge in [-0.1, -0.05) is 319 Å². The second-order valence-corrected chi connectivity index (χ2v) is 37.8. The van der Waals surface area contributed by atoms with Crippen molar-refractivity contribution in [3.63, 3.8) is 0 Å². The van der Waals surface area contributed by atoms with Gasteiger partial charge in [-0.15, -0.1) is 0 Å². The molecule has 546 valence electrons. The number of hydrogen-bond donors (Lipinski definition) is 0. The van der Waals surface area contributed by atoms with Gasteiger partial charge >= 0.3 is 0 Å². The van der Waals surface area contributed by atoms with Gasteiger partial charge in [0.1, 0.15) is 0 Å². The molecule has 0 fully saturated rings. The van der Waals surface area contributed by atoms with Crippen molar-refractivity contribution in [3.8, 4) is 112 Å². The van der Waals surface area contributed by atoms with E-state index in [2.05, 4.69) is 401 Å². The summed E-state index contributed by atoms with van der Waals surface area (Å²) < 4.78 is 5.40. The summed E-state index contributed by atoms with van der Waals surface area (Å²) in [4.78, 5) is 17.7. The maximum Gasteiger partial charge on any atom is 0.252 e. The molecule has 111 heavy (non-hydrogen) atoms. The SMILES string of the molecule is CC(C)(C)c1ccc(-c2cc3c4c(c2)c2c(C(C)(C)C)cc(C(C)(C)C)cc2n4-c2cc(-c4nc(-c5cc(-c6ccccc6)cc(-c6ccccc6)c5)nc(-c5cc(-c6ccccc6)cc(-c6ccccc6)c5)n4)cc4c2B3c2cc(-c3ccc(C(C)(C)C)cc3)cc3c5c(C(C)(C)C)cc(C(C)(C)C)cc5n-4c23)cc1. The molecule has 0 N–H and O–H groups in total. The molecule has 0 saturated carbocycles. The predicted molar refractivity (Wildman–Crippen MR) is 474 cm³/mol. The van der Waals surface area contributed by atoms with Crippen molar-refractivity contribution in [1.82, 2.24) is 24.1 Å². The molecule has 2 aliphatic heterocycles. The lowest BCUT2D eigenvalue weighted by Crippen LogP contribution is -2.59. The number of nitrogens with zero attached hydrogens (tertiary/aromatic N) is 5. The van der Waals surface area contributed by atoms with Gasteiger partial charge in [-0.2, -0.15) is 0 Å². The van der Waals surface area contributed by atoms with Crippen molar-refractivity contribution in [2.24, 2.45) is 0 Å². The summed E-state index contributed by atoms with van der Waals surface area (Å²) in [5, 5.41) is 5.09. The molecule has 0 spiro atoms. The fourth-order valence-electron chi connectivity index (χ4n) is 17.6. The number of rotatable bonds is 9. The summed E-state index contributed by atoms with van der Waals surface area (Å²) in [6.45, 7) is 42.4. The number of benzene rings is 13. The molecule has 0 amide bonds. The lowest BCUT2D eigenvalue weighted by Gasteiger charge is -2.35. The van der Waals surface area contributed by atoms with E-state index in [4.69, 9.17) is 15.0 Å². The van der Waals surface area contributed by atoms with Crippen LogP contribution in [0.15, 0.2) is 267 Å². The molecule has 0 aliphatic carbocycles. The van der Waals surface area contributed by atoms with Crippen molar-refractivity contribution < 1.29 is 0 Å². The maximum atomic E-state index is 5.96. The number of hydrogen-bond acceptors (Lipinski definition) is 3. The van der Waals surface area contributed by atoms with Gasteiger partial charge in [0.25, 0.3) is 6.71 Å². The van der Waals surface area contributed by atoms with E-state index in [9.17, 15) is 0 Å². The predicted octanol–water partition coefficient (Wildman–Crippen LogP) is 26.0. The van der Waals surface area contributed by atoms with Crippen molar-refractivity contribution in [1.29, 1.82) is 0 Å². The molecule has 2 aliphatic rings. The van der Waals surface area contributed by atoms with E-state index in [0.717, 1.165) is 72.6 Å². The van der Waals surface area contributed by atoms with Crippen LogP contribution >= 0.6 is 0 Å². The van der Waals surface area contributed by atoms with Crippen molar-refractivity contribution in [3.05, 3.63) is 300 Å². The third kappa shape index (κ3) is 12.4. The van der Waals surface area contributed by atoms with Gasteiger partial charge in [-0.05, 0) is 222 Å². The molecule has 6 heteroatoms. The largest absolute Gasteiger partial charge is 0.310 e. The minimum atomic E-state index is -0.246. The van der Waals surface area contributed by atoms with Gasteiger partial charge in [-0.25, -0.2) is 15.0 Å². The first kappa shape index (κ1) is 71.2. The van der Waals surface area contributed by atoms with E-state index < -0.39 is 0 Å². The van der Waals surface area contributed by atoms with Gasteiger partial charge < -0.3 is 9.13 Å². The molecule has 16 aromatic rings. The lowest BCUT2D eigenvalue weighted by molar-refractivity contribution is 0.572. The highest BCUT2D eigenvalue weighted by Crippen LogP contribution is 2.50. The lowest BCUT2D eigenvalue weighted by atomic mass is 9.34. The summed E-state index contributed by atoms with van der Waals surface area (Å²) in [6, 6.07) is 101. The van der Waals surface area contributed by atoms with Crippen LogP contribution in [0, 0.1) is 0 Å². The Morgan fingerprint density at radius 3 is 0.793 bits per heavy atom. The van der Waals surface area contributed by atoms with Crippen LogP contribution in [0.1, 0.15) is 158 Å². The van der Waals surface area contributed by atoms with E-state index in [1.807, 2.05) is 0 Å². The van der Waals surface area contributed by atoms with Gasteiger partial charge in [0, 0.05) is 60.6 Å². The van der Waals surface area contributed by atoms with E-state index in [1.165, 1.54) is 116 Å². The fraction of sp³-hybridized carbons (Fsp3) is 0.229.